The van der Waals surface area contributed by atoms with Crippen molar-refractivity contribution in [1.29, 1.82) is 0 Å². The average molecular weight is 423 g/mol. The zero-order valence-corrected chi connectivity index (χ0v) is 17.0. The van der Waals surface area contributed by atoms with Gasteiger partial charge in [-0.1, -0.05) is 29.8 Å². The molecule has 0 saturated carbocycles. The quantitative estimate of drug-likeness (QED) is 0.744. The number of benzene rings is 2. The molecule has 2 aromatic carbocycles. The molecule has 1 N–H and O–H groups in total. The highest BCUT2D eigenvalue weighted by atomic mass is 35.5. The van der Waals surface area contributed by atoms with Crippen molar-refractivity contribution in [3.05, 3.63) is 59.6 Å². The van der Waals surface area contributed by atoms with Gasteiger partial charge >= 0.3 is 0 Å². The molecule has 0 spiro atoms. The van der Waals surface area contributed by atoms with Crippen LogP contribution in [0.2, 0.25) is 5.02 Å². The third kappa shape index (κ3) is 5.70. The Bertz CT molecular complexity index is 880. The fraction of sp³-hybridized carbons (Fsp3) is 0.350. The van der Waals surface area contributed by atoms with Crippen LogP contribution in [0.1, 0.15) is 19.3 Å². The van der Waals surface area contributed by atoms with E-state index in [1.54, 1.807) is 17.0 Å². The summed E-state index contributed by atoms with van der Waals surface area (Å²) in [7, 11) is -3.59. The molecular formula is C20H23ClN2O4S. The van der Waals surface area contributed by atoms with Gasteiger partial charge in [0.05, 0.1) is 17.9 Å². The normalized spacial score (nSPS) is 15.4. The number of hydrogen-bond acceptors (Lipinski definition) is 4. The second kappa shape index (κ2) is 9.41. The minimum Gasteiger partial charge on any atom is -0.493 e. The van der Waals surface area contributed by atoms with Crippen LogP contribution < -0.4 is 9.46 Å². The molecule has 0 aliphatic carbocycles. The summed E-state index contributed by atoms with van der Waals surface area (Å²) in [6, 6.07) is 15.2. The van der Waals surface area contributed by atoms with Gasteiger partial charge in [-0.2, -0.15) is 0 Å². The van der Waals surface area contributed by atoms with Crippen molar-refractivity contribution in [3.63, 3.8) is 0 Å². The van der Waals surface area contributed by atoms with Gasteiger partial charge in [0.1, 0.15) is 5.75 Å². The first kappa shape index (κ1) is 20.6. The molecule has 28 heavy (non-hydrogen) atoms. The molecule has 6 nitrogen and oxygen atoms in total. The molecule has 0 unspecified atom stereocenters. The van der Waals surface area contributed by atoms with Crippen LogP contribution in [0.15, 0.2) is 59.5 Å². The summed E-state index contributed by atoms with van der Waals surface area (Å²) in [5.41, 5.74) is 0. The minimum absolute atomic E-state index is 0.0231. The van der Waals surface area contributed by atoms with E-state index in [1.807, 2.05) is 30.3 Å². The summed E-state index contributed by atoms with van der Waals surface area (Å²) in [6.45, 7) is 1.38. The van der Waals surface area contributed by atoms with Gasteiger partial charge in [-0.3, -0.25) is 4.79 Å². The number of carbonyl (C=O) groups is 1. The molecule has 1 heterocycles. The van der Waals surface area contributed by atoms with Crippen LogP contribution in [-0.2, 0) is 14.8 Å². The van der Waals surface area contributed by atoms with Gasteiger partial charge in [-0.25, -0.2) is 13.1 Å². The maximum absolute atomic E-state index is 12.5. The first-order valence-electron chi connectivity index (χ1n) is 9.17. The summed E-state index contributed by atoms with van der Waals surface area (Å²) in [5, 5.41) is 0.488. The molecule has 150 valence electrons. The third-order valence-electron chi connectivity index (χ3n) is 4.62. The monoisotopic (exact) mass is 422 g/mol. The number of likely N-dealkylation sites (tertiary alicyclic amines) is 1. The van der Waals surface area contributed by atoms with Gasteiger partial charge < -0.3 is 9.64 Å². The van der Waals surface area contributed by atoms with Crippen LogP contribution in [0, 0.1) is 0 Å². The minimum atomic E-state index is -3.59. The molecule has 0 atom stereocenters. The maximum Gasteiger partial charge on any atom is 0.240 e. The predicted molar refractivity (Wildman–Crippen MR) is 108 cm³/mol. The van der Waals surface area contributed by atoms with E-state index in [-0.39, 0.29) is 16.8 Å². The number of hydrogen-bond donors (Lipinski definition) is 1. The third-order valence-corrected chi connectivity index (χ3v) is 6.41. The topological polar surface area (TPSA) is 75.7 Å². The van der Waals surface area contributed by atoms with E-state index in [2.05, 4.69) is 4.72 Å². The second-order valence-corrected chi connectivity index (χ2v) is 8.79. The van der Waals surface area contributed by atoms with Crippen molar-refractivity contribution >= 4 is 27.5 Å². The number of amides is 1. The molecule has 2 aromatic rings. The number of sulfonamides is 1. The Morgan fingerprint density at radius 1 is 1.07 bits per heavy atom. The molecule has 1 fully saturated rings. The number of para-hydroxylation sites is 1. The number of rotatable bonds is 7. The van der Waals surface area contributed by atoms with Crippen LogP contribution in [-0.4, -0.2) is 45.0 Å². The molecule has 3 rings (SSSR count). The number of nitrogens with one attached hydrogen (secondary N) is 1. The first-order chi connectivity index (χ1) is 13.4. The zero-order valence-electron chi connectivity index (χ0n) is 15.4. The van der Waals surface area contributed by atoms with Crippen LogP contribution >= 0.6 is 11.6 Å². The Balaban J connectivity index is 1.43. The molecule has 1 amide bonds. The summed E-state index contributed by atoms with van der Waals surface area (Å²) in [4.78, 5) is 14.3. The maximum atomic E-state index is 12.5. The Hall–Kier alpha value is -2.09. The number of ether oxygens (including phenoxy) is 1. The van der Waals surface area contributed by atoms with Gasteiger partial charge in [0.15, 0.2) is 0 Å². The van der Waals surface area contributed by atoms with E-state index in [1.165, 1.54) is 12.1 Å². The Labute approximate surface area is 170 Å². The number of nitrogens with zero attached hydrogens (tertiary/aromatic N) is 1. The van der Waals surface area contributed by atoms with Gasteiger partial charge in [-0.05, 0) is 49.2 Å². The molecular weight excluding hydrogens is 400 g/mol. The SMILES string of the molecule is O=C(CCOc1ccccc1)N1CCC(NS(=O)(=O)c2ccc(Cl)cc2)CC1. The molecule has 8 heteroatoms. The Morgan fingerprint density at radius 2 is 1.71 bits per heavy atom. The summed E-state index contributed by atoms with van der Waals surface area (Å²) in [5.74, 6) is 0.764. The summed E-state index contributed by atoms with van der Waals surface area (Å²) in [6.07, 6.45) is 1.46. The molecule has 1 saturated heterocycles. The van der Waals surface area contributed by atoms with E-state index in [4.69, 9.17) is 16.3 Å². The van der Waals surface area contributed by atoms with Crippen molar-refractivity contribution in [2.24, 2.45) is 0 Å². The first-order valence-corrected chi connectivity index (χ1v) is 11.0. The van der Waals surface area contributed by atoms with Gasteiger partial charge in [0, 0.05) is 24.2 Å². The molecule has 0 radical (unpaired) electrons. The standard InChI is InChI=1S/C20H23ClN2O4S/c21-16-6-8-19(9-7-16)28(25,26)22-17-10-13-23(14-11-17)20(24)12-15-27-18-4-2-1-3-5-18/h1-9,17,22H,10-15H2. The largest absolute Gasteiger partial charge is 0.493 e. The number of halogens is 1. The fourth-order valence-corrected chi connectivity index (χ4v) is 4.51. The Kier molecular flexibility index (Phi) is 6.93. The highest BCUT2D eigenvalue weighted by Gasteiger charge is 2.26. The van der Waals surface area contributed by atoms with Gasteiger partial charge in [-0.15, -0.1) is 0 Å². The van der Waals surface area contributed by atoms with E-state index in [9.17, 15) is 13.2 Å². The van der Waals surface area contributed by atoms with Crippen LogP contribution in [0.3, 0.4) is 0 Å². The lowest BCUT2D eigenvalue weighted by Gasteiger charge is -2.32. The van der Waals surface area contributed by atoms with Gasteiger partial charge in [0.25, 0.3) is 0 Å². The zero-order chi connectivity index (χ0) is 20.0. The molecule has 0 bridgehead atoms. The van der Waals surface area contributed by atoms with Gasteiger partial charge in [0.2, 0.25) is 15.9 Å². The van der Waals surface area contributed by atoms with E-state index in [0.29, 0.717) is 44.0 Å². The lowest BCUT2D eigenvalue weighted by atomic mass is 10.1. The van der Waals surface area contributed by atoms with Crippen molar-refractivity contribution < 1.29 is 17.9 Å². The van der Waals surface area contributed by atoms with Crippen molar-refractivity contribution in [1.82, 2.24) is 9.62 Å². The number of carbonyl (C=O) groups excluding carboxylic acids is 1. The summed E-state index contributed by atoms with van der Waals surface area (Å²) >= 11 is 5.81. The number of piperidine rings is 1. The molecule has 1 aliphatic heterocycles. The smallest absolute Gasteiger partial charge is 0.240 e. The highest BCUT2D eigenvalue weighted by Crippen LogP contribution is 2.18. The van der Waals surface area contributed by atoms with Crippen molar-refractivity contribution in [2.45, 2.75) is 30.2 Å². The predicted octanol–water partition coefficient (Wildman–Crippen LogP) is 3.08. The molecule has 1 aliphatic rings. The Morgan fingerprint density at radius 3 is 2.36 bits per heavy atom. The highest BCUT2D eigenvalue weighted by molar-refractivity contribution is 7.89. The summed E-state index contributed by atoms with van der Waals surface area (Å²) < 4.78 is 33.2. The van der Waals surface area contributed by atoms with Crippen LogP contribution in [0.4, 0.5) is 0 Å². The van der Waals surface area contributed by atoms with Crippen LogP contribution in [0.25, 0.3) is 0 Å². The second-order valence-electron chi connectivity index (χ2n) is 6.64. The lowest BCUT2D eigenvalue weighted by molar-refractivity contribution is -0.132. The molecule has 0 aromatic heterocycles. The van der Waals surface area contributed by atoms with Crippen molar-refractivity contribution in [3.8, 4) is 5.75 Å². The van der Waals surface area contributed by atoms with E-state index in [0.717, 1.165) is 5.75 Å². The fourth-order valence-electron chi connectivity index (χ4n) is 3.08. The van der Waals surface area contributed by atoms with E-state index >= 15 is 0 Å². The van der Waals surface area contributed by atoms with Crippen LogP contribution in [0.5, 0.6) is 5.75 Å². The lowest BCUT2D eigenvalue weighted by Crippen LogP contribution is -2.46. The average Bonchev–Trinajstić information content (AvgIpc) is 2.69. The van der Waals surface area contributed by atoms with Crippen molar-refractivity contribution in [2.75, 3.05) is 19.7 Å². The van der Waals surface area contributed by atoms with E-state index < -0.39 is 10.0 Å².